The molecule has 1 atom stereocenters. The van der Waals surface area contributed by atoms with E-state index in [0.29, 0.717) is 5.75 Å². The molecule has 1 fully saturated rings. The van der Waals surface area contributed by atoms with Gasteiger partial charge in [-0.15, -0.1) is 0 Å². The Labute approximate surface area is 185 Å². The van der Waals surface area contributed by atoms with Crippen molar-refractivity contribution in [2.24, 2.45) is 5.41 Å². The molecule has 2 aliphatic carbocycles. The fourth-order valence-electron chi connectivity index (χ4n) is 4.43. The zero-order valence-corrected chi connectivity index (χ0v) is 19.4. The highest BCUT2D eigenvalue weighted by Gasteiger charge is 2.44. The standard InChI is InChI=1S/C23H32F3NO3S/c1-21(2,3)31(28)27-15-20-19-13-18(30-12-11-23(24,25)26)6-5-16(19)14-22(20)9-7-17(29-4)8-10-22/h5-6,13,15,17,27H,7-12,14H2,1-4H3. The maximum Gasteiger partial charge on any atom is 0.392 e. The van der Waals surface area contributed by atoms with Crippen LogP contribution >= 0.6 is 0 Å². The molecule has 1 unspecified atom stereocenters. The minimum Gasteiger partial charge on any atom is -0.493 e. The molecular weight excluding hydrogens is 427 g/mol. The fraction of sp³-hybridized carbons (Fsp3) is 0.652. The largest absolute Gasteiger partial charge is 0.493 e. The number of alkyl halides is 3. The third kappa shape index (κ3) is 5.83. The third-order valence-electron chi connectivity index (χ3n) is 6.22. The number of hydrogen-bond donors (Lipinski definition) is 1. The molecule has 0 bridgehead atoms. The zero-order valence-electron chi connectivity index (χ0n) is 18.6. The summed E-state index contributed by atoms with van der Waals surface area (Å²) in [6.45, 7) is 5.31. The molecule has 0 aromatic heterocycles. The van der Waals surface area contributed by atoms with Crippen LogP contribution in [0.15, 0.2) is 24.4 Å². The Morgan fingerprint density at radius 3 is 2.48 bits per heavy atom. The van der Waals surface area contributed by atoms with E-state index in [1.807, 2.05) is 39.1 Å². The maximum absolute atomic E-state index is 12.6. The molecule has 2 aliphatic rings. The number of nitrogens with one attached hydrogen (secondary N) is 1. The molecule has 1 aromatic rings. The van der Waals surface area contributed by atoms with Crippen LogP contribution in [0, 0.1) is 5.41 Å². The molecule has 8 heteroatoms. The van der Waals surface area contributed by atoms with Crippen LogP contribution in [0.1, 0.15) is 64.0 Å². The second-order valence-corrected chi connectivity index (χ2v) is 11.5. The molecule has 0 amide bonds. The lowest BCUT2D eigenvalue weighted by Crippen LogP contribution is -2.33. The van der Waals surface area contributed by atoms with Gasteiger partial charge in [-0.05, 0) is 81.7 Å². The van der Waals surface area contributed by atoms with Crippen molar-refractivity contribution < 1.29 is 26.9 Å². The Morgan fingerprint density at radius 2 is 1.90 bits per heavy atom. The van der Waals surface area contributed by atoms with Crippen LogP contribution in [-0.4, -0.2) is 35.0 Å². The van der Waals surface area contributed by atoms with E-state index >= 15 is 0 Å². The van der Waals surface area contributed by atoms with Gasteiger partial charge >= 0.3 is 6.18 Å². The number of ether oxygens (including phenoxy) is 2. The number of halogens is 3. The molecule has 0 aliphatic heterocycles. The molecular formula is C23H32F3NO3S. The van der Waals surface area contributed by atoms with Crippen molar-refractivity contribution in [1.29, 1.82) is 0 Å². The molecule has 31 heavy (non-hydrogen) atoms. The smallest absolute Gasteiger partial charge is 0.392 e. The second-order valence-electron chi connectivity index (χ2n) is 9.48. The van der Waals surface area contributed by atoms with Crippen LogP contribution in [0.5, 0.6) is 5.75 Å². The Kier molecular flexibility index (Phi) is 7.11. The van der Waals surface area contributed by atoms with E-state index < -0.39 is 34.9 Å². The normalized spacial score (nSPS) is 26.2. The number of rotatable bonds is 6. The first-order chi connectivity index (χ1) is 14.4. The molecule has 4 nitrogen and oxygen atoms in total. The van der Waals surface area contributed by atoms with Crippen molar-refractivity contribution in [2.75, 3.05) is 13.7 Å². The molecule has 1 spiro atoms. The van der Waals surface area contributed by atoms with Gasteiger partial charge in [0.15, 0.2) is 0 Å². The molecule has 3 rings (SSSR count). The summed E-state index contributed by atoms with van der Waals surface area (Å²) in [7, 11) is 0.470. The van der Waals surface area contributed by atoms with Gasteiger partial charge in [-0.1, -0.05) is 6.07 Å². The average Bonchev–Trinajstić information content (AvgIpc) is 2.97. The lowest BCUT2D eigenvalue weighted by atomic mass is 9.69. The Hall–Kier alpha value is -1.54. The van der Waals surface area contributed by atoms with Crippen LogP contribution in [0.4, 0.5) is 13.2 Å². The zero-order chi connectivity index (χ0) is 22.9. The highest BCUT2D eigenvalue weighted by Crippen LogP contribution is 2.55. The molecule has 0 radical (unpaired) electrons. The van der Waals surface area contributed by atoms with Gasteiger partial charge in [-0.25, -0.2) is 4.21 Å². The average molecular weight is 460 g/mol. The van der Waals surface area contributed by atoms with Crippen molar-refractivity contribution in [3.05, 3.63) is 35.5 Å². The van der Waals surface area contributed by atoms with Gasteiger partial charge in [0, 0.05) is 18.7 Å². The van der Waals surface area contributed by atoms with Crippen LogP contribution in [0.25, 0.3) is 5.57 Å². The quantitative estimate of drug-likeness (QED) is 0.607. The topological polar surface area (TPSA) is 47.6 Å². The highest BCUT2D eigenvalue weighted by molar-refractivity contribution is 7.84. The van der Waals surface area contributed by atoms with Crippen LogP contribution in [0.3, 0.4) is 0 Å². The van der Waals surface area contributed by atoms with E-state index in [9.17, 15) is 17.4 Å². The van der Waals surface area contributed by atoms with Gasteiger partial charge in [0.05, 0.1) is 23.9 Å². The van der Waals surface area contributed by atoms with E-state index in [4.69, 9.17) is 9.47 Å². The van der Waals surface area contributed by atoms with Crippen LogP contribution in [0.2, 0.25) is 0 Å². The fourth-order valence-corrected chi connectivity index (χ4v) is 5.00. The minimum atomic E-state index is -4.24. The molecule has 1 saturated carbocycles. The monoisotopic (exact) mass is 459 g/mol. The predicted octanol–water partition coefficient (Wildman–Crippen LogP) is 5.54. The SMILES string of the molecule is COC1CCC2(CC1)Cc1ccc(OCCC(F)(F)F)cc1C2=CNS(=O)C(C)(C)C. The first-order valence-corrected chi connectivity index (χ1v) is 11.8. The lowest BCUT2D eigenvalue weighted by Gasteiger charge is -2.38. The molecule has 0 saturated heterocycles. The maximum atomic E-state index is 12.6. The molecule has 1 N–H and O–H groups in total. The molecule has 174 valence electrons. The van der Waals surface area contributed by atoms with Crippen molar-refractivity contribution in [3.63, 3.8) is 0 Å². The van der Waals surface area contributed by atoms with E-state index in [1.54, 1.807) is 13.2 Å². The number of hydrogen-bond acceptors (Lipinski definition) is 3. The first kappa shape index (κ1) is 24.1. The number of methoxy groups -OCH3 is 1. The summed E-state index contributed by atoms with van der Waals surface area (Å²) >= 11 is 0. The number of allylic oxidation sites excluding steroid dienone is 1. The molecule has 0 heterocycles. The van der Waals surface area contributed by atoms with Crippen LogP contribution in [-0.2, 0) is 22.1 Å². The summed E-state index contributed by atoms with van der Waals surface area (Å²) in [5.74, 6) is 0.425. The predicted molar refractivity (Wildman–Crippen MR) is 117 cm³/mol. The second kappa shape index (κ2) is 9.14. The van der Waals surface area contributed by atoms with Crippen molar-refractivity contribution in [1.82, 2.24) is 4.72 Å². The van der Waals surface area contributed by atoms with E-state index in [0.717, 1.165) is 48.8 Å². The molecule has 1 aromatic carbocycles. The Balaban J connectivity index is 1.87. The summed E-state index contributed by atoms with van der Waals surface area (Å²) in [6, 6.07) is 5.52. The summed E-state index contributed by atoms with van der Waals surface area (Å²) in [5, 5.41) is 0. The van der Waals surface area contributed by atoms with Crippen molar-refractivity contribution in [3.8, 4) is 5.75 Å². The first-order valence-electron chi connectivity index (χ1n) is 10.7. The Bertz CT molecular complexity index is 837. The van der Waals surface area contributed by atoms with Gasteiger partial charge < -0.3 is 14.2 Å². The van der Waals surface area contributed by atoms with Crippen LogP contribution < -0.4 is 9.46 Å². The minimum absolute atomic E-state index is 0.0863. The third-order valence-corrected chi connectivity index (χ3v) is 7.66. The summed E-state index contributed by atoms with van der Waals surface area (Å²) in [5.41, 5.74) is 3.10. The van der Waals surface area contributed by atoms with Gasteiger partial charge in [0.25, 0.3) is 0 Å². The van der Waals surface area contributed by atoms with E-state index in [2.05, 4.69) is 4.72 Å². The van der Waals surface area contributed by atoms with Gasteiger partial charge in [0.2, 0.25) is 0 Å². The van der Waals surface area contributed by atoms with E-state index in [1.165, 1.54) is 0 Å². The number of fused-ring (bicyclic) bond motifs is 1. The summed E-state index contributed by atoms with van der Waals surface area (Å²) in [4.78, 5) is 0. The van der Waals surface area contributed by atoms with Gasteiger partial charge in [-0.3, -0.25) is 0 Å². The summed E-state index contributed by atoms with van der Waals surface area (Å²) in [6.07, 6.45) is 1.51. The van der Waals surface area contributed by atoms with Gasteiger partial charge in [-0.2, -0.15) is 13.2 Å². The van der Waals surface area contributed by atoms with Crippen molar-refractivity contribution >= 4 is 16.6 Å². The van der Waals surface area contributed by atoms with Gasteiger partial charge in [0.1, 0.15) is 16.7 Å². The van der Waals surface area contributed by atoms with Crippen molar-refractivity contribution in [2.45, 2.75) is 76.3 Å². The highest BCUT2D eigenvalue weighted by atomic mass is 32.2. The lowest BCUT2D eigenvalue weighted by molar-refractivity contribution is -0.139. The number of benzene rings is 1. The van der Waals surface area contributed by atoms with E-state index in [-0.39, 0.29) is 11.5 Å². The summed E-state index contributed by atoms with van der Waals surface area (Å²) < 4.78 is 63.6. The Morgan fingerprint density at radius 1 is 1.23 bits per heavy atom.